The third-order valence-electron chi connectivity index (χ3n) is 4.37. The Balaban J connectivity index is 2.04. The predicted molar refractivity (Wildman–Crippen MR) is 94.8 cm³/mol. The van der Waals surface area contributed by atoms with Crippen LogP contribution in [0, 0.1) is 6.92 Å². The number of benzene rings is 1. The lowest BCUT2D eigenvalue weighted by molar-refractivity contribution is 0.288. The minimum absolute atomic E-state index is 0.118. The van der Waals surface area contributed by atoms with Crippen LogP contribution in [0.3, 0.4) is 0 Å². The fourth-order valence-corrected chi connectivity index (χ4v) is 3.75. The number of rotatable bonds is 3. The molecule has 1 aromatic carbocycles. The van der Waals surface area contributed by atoms with Crippen molar-refractivity contribution in [3.8, 4) is 0 Å². The van der Waals surface area contributed by atoms with Gasteiger partial charge in [0.25, 0.3) is 0 Å². The molecule has 1 aromatic heterocycles. The molecule has 0 N–H and O–H groups in total. The maximum atomic E-state index is 11.7. The Labute approximate surface area is 142 Å². The Hall–Kier alpha value is -2.14. The van der Waals surface area contributed by atoms with Gasteiger partial charge in [0.05, 0.1) is 23.1 Å². The summed E-state index contributed by atoms with van der Waals surface area (Å²) >= 11 is 0. The van der Waals surface area contributed by atoms with Crippen molar-refractivity contribution in [3.63, 3.8) is 0 Å². The van der Waals surface area contributed by atoms with Gasteiger partial charge in [-0.15, -0.1) is 0 Å². The van der Waals surface area contributed by atoms with Gasteiger partial charge in [0.1, 0.15) is 0 Å². The van der Waals surface area contributed by atoms with E-state index in [-0.39, 0.29) is 5.92 Å². The zero-order chi connectivity index (χ0) is 17.3. The van der Waals surface area contributed by atoms with Gasteiger partial charge in [0, 0.05) is 30.0 Å². The minimum Gasteiger partial charge on any atom is -0.500 e. The highest BCUT2D eigenvalue weighted by Crippen LogP contribution is 2.23. The van der Waals surface area contributed by atoms with Crippen molar-refractivity contribution in [1.29, 1.82) is 0 Å². The zero-order valence-corrected chi connectivity index (χ0v) is 14.9. The molecular formula is C19H21NO3S. The van der Waals surface area contributed by atoms with E-state index in [0.717, 1.165) is 28.1 Å². The van der Waals surface area contributed by atoms with Crippen LogP contribution in [-0.2, 0) is 21.0 Å². The Bertz CT molecular complexity index is 994. The van der Waals surface area contributed by atoms with Gasteiger partial charge in [0.15, 0.2) is 9.84 Å². The first kappa shape index (κ1) is 16.7. The highest BCUT2D eigenvalue weighted by molar-refractivity contribution is 7.90. The quantitative estimate of drug-likeness (QED) is 0.851. The number of nitrogens with zero attached hydrogens (tertiary/aromatic N) is 1. The van der Waals surface area contributed by atoms with Crippen molar-refractivity contribution in [2.24, 2.45) is 0 Å². The van der Waals surface area contributed by atoms with E-state index >= 15 is 0 Å². The SMILES string of the molecule is Cc1cc(S(C)(=O)=O)ccc1C(C)C=c1nccc2c1=COCC2. The van der Waals surface area contributed by atoms with Gasteiger partial charge in [-0.25, -0.2) is 8.42 Å². The molecule has 0 spiro atoms. The summed E-state index contributed by atoms with van der Waals surface area (Å²) in [6.07, 6.45) is 7.84. The van der Waals surface area contributed by atoms with E-state index in [2.05, 4.69) is 18.0 Å². The van der Waals surface area contributed by atoms with Gasteiger partial charge in [-0.05, 0) is 41.8 Å². The van der Waals surface area contributed by atoms with Gasteiger partial charge in [-0.1, -0.05) is 19.1 Å². The number of ether oxygens (including phenoxy) is 1. The van der Waals surface area contributed by atoms with E-state index in [4.69, 9.17) is 4.74 Å². The van der Waals surface area contributed by atoms with Crippen LogP contribution < -0.4 is 10.6 Å². The summed E-state index contributed by atoms with van der Waals surface area (Å²) in [5.41, 5.74) is 3.31. The third-order valence-corrected chi connectivity index (χ3v) is 5.48. The summed E-state index contributed by atoms with van der Waals surface area (Å²) in [6, 6.07) is 7.33. The molecule has 24 heavy (non-hydrogen) atoms. The molecule has 0 aliphatic carbocycles. The highest BCUT2D eigenvalue weighted by atomic mass is 32.2. The standard InChI is InChI=1S/C19H21NO3S/c1-13-10-16(24(3,21)22)4-5-17(13)14(2)11-19-18-12-23-9-7-15(18)6-8-20-19/h4-6,8,10-12,14H,7,9H2,1-3H3. The fourth-order valence-electron chi connectivity index (χ4n) is 3.05. The molecule has 0 bridgehead atoms. The third kappa shape index (κ3) is 3.36. The van der Waals surface area contributed by atoms with E-state index in [1.807, 2.05) is 25.3 Å². The Kier molecular flexibility index (Phi) is 4.45. The van der Waals surface area contributed by atoms with Crippen LogP contribution in [0.25, 0.3) is 12.3 Å². The molecule has 0 radical (unpaired) electrons. The highest BCUT2D eigenvalue weighted by Gasteiger charge is 2.12. The van der Waals surface area contributed by atoms with Crippen LogP contribution in [0.4, 0.5) is 0 Å². The zero-order valence-electron chi connectivity index (χ0n) is 14.1. The van der Waals surface area contributed by atoms with Crippen LogP contribution in [0.5, 0.6) is 0 Å². The van der Waals surface area contributed by atoms with Crippen LogP contribution in [0.15, 0.2) is 35.4 Å². The molecule has 1 aliphatic heterocycles. The monoisotopic (exact) mass is 343 g/mol. The van der Waals surface area contributed by atoms with Crippen molar-refractivity contribution < 1.29 is 13.2 Å². The minimum atomic E-state index is -3.18. The lowest BCUT2D eigenvalue weighted by Crippen LogP contribution is -2.35. The molecule has 1 aliphatic rings. The largest absolute Gasteiger partial charge is 0.500 e. The summed E-state index contributed by atoms with van der Waals surface area (Å²) in [5.74, 6) is 0.118. The van der Waals surface area contributed by atoms with Gasteiger partial charge >= 0.3 is 0 Å². The van der Waals surface area contributed by atoms with E-state index in [1.165, 1.54) is 11.8 Å². The maximum absolute atomic E-state index is 11.7. The molecule has 0 saturated carbocycles. The van der Waals surface area contributed by atoms with E-state index in [9.17, 15) is 8.42 Å². The Morgan fingerprint density at radius 3 is 2.79 bits per heavy atom. The molecule has 1 unspecified atom stereocenters. The molecule has 0 fully saturated rings. The average molecular weight is 343 g/mol. The molecule has 5 heteroatoms. The molecule has 4 nitrogen and oxygen atoms in total. The van der Waals surface area contributed by atoms with Crippen molar-refractivity contribution in [1.82, 2.24) is 4.98 Å². The maximum Gasteiger partial charge on any atom is 0.175 e. The average Bonchev–Trinajstić information content (AvgIpc) is 2.54. The van der Waals surface area contributed by atoms with E-state index in [1.54, 1.807) is 18.4 Å². The second-order valence-electron chi connectivity index (χ2n) is 6.25. The molecule has 2 heterocycles. The number of sulfone groups is 1. The summed E-state index contributed by atoms with van der Waals surface area (Å²) in [5, 5.41) is 1.95. The second kappa shape index (κ2) is 6.40. The van der Waals surface area contributed by atoms with E-state index in [0.29, 0.717) is 11.5 Å². The van der Waals surface area contributed by atoms with Gasteiger partial charge in [-0.2, -0.15) is 0 Å². The molecule has 126 valence electrons. The van der Waals surface area contributed by atoms with Crippen LogP contribution >= 0.6 is 0 Å². The fraction of sp³-hybridized carbons (Fsp3) is 0.316. The van der Waals surface area contributed by atoms with Gasteiger partial charge < -0.3 is 4.74 Å². The first-order valence-electron chi connectivity index (χ1n) is 7.94. The predicted octanol–water partition coefficient (Wildman–Crippen LogP) is 1.69. The molecule has 0 amide bonds. The molecule has 2 aromatic rings. The van der Waals surface area contributed by atoms with E-state index < -0.39 is 9.84 Å². The smallest absolute Gasteiger partial charge is 0.175 e. The van der Waals surface area contributed by atoms with Crippen molar-refractivity contribution in [2.75, 3.05) is 12.9 Å². The number of hydrogen-bond acceptors (Lipinski definition) is 4. The lowest BCUT2D eigenvalue weighted by Gasteiger charge is -2.13. The topological polar surface area (TPSA) is 56.3 Å². The van der Waals surface area contributed by atoms with Crippen LogP contribution in [0.2, 0.25) is 0 Å². The number of aryl methyl sites for hydroxylation is 1. The lowest BCUT2D eigenvalue weighted by atomic mass is 9.95. The van der Waals surface area contributed by atoms with Crippen LogP contribution in [-0.4, -0.2) is 26.3 Å². The van der Waals surface area contributed by atoms with Crippen molar-refractivity contribution in [2.45, 2.75) is 31.1 Å². The summed E-state index contributed by atoms with van der Waals surface area (Å²) in [7, 11) is -3.18. The van der Waals surface area contributed by atoms with Gasteiger partial charge in [0.2, 0.25) is 0 Å². The van der Waals surface area contributed by atoms with Gasteiger partial charge in [-0.3, -0.25) is 4.98 Å². The molecule has 0 saturated heterocycles. The number of hydrogen-bond donors (Lipinski definition) is 0. The first-order chi connectivity index (χ1) is 11.4. The summed E-state index contributed by atoms with van der Waals surface area (Å²) in [6.45, 7) is 4.74. The van der Waals surface area contributed by atoms with Crippen molar-refractivity contribution >= 4 is 22.2 Å². The Morgan fingerprint density at radius 2 is 2.08 bits per heavy atom. The number of pyridine rings is 1. The van der Waals surface area contributed by atoms with Crippen LogP contribution in [0.1, 0.15) is 29.5 Å². The normalized spacial score (nSPS) is 16.0. The summed E-state index contributed by atoms with van der Waals surface area (Å²) < 4.78 is 28.8. The van der Waals surface area contributed by atoms with Crippen molar-refractivity contribution in [3.05, 3.63) is 57.7 Å². The number of fused-ring (bicyclic) bond motifs is 1. The Morgan fingerprint density at radius 1 is 1.29 bits per heavy atom. The number of aromatic nitrogens is 1. The molecule has 3 rings (SSSR count). The summed E-state index contributed by atoms with van der Waals surface area (Å²) in [4.78, 5) is 4.84. The molecule has 1 atom stereocenters. The second-order valence-corrected chi connectivity index (χ2v) is 8.27. The molecular weight excluding hydrogens is 322 g/mol. The first-order valence-corrected chi connectivity index (χ1v) is 9.83.